The molecule has 0 radical (unpaired) electrons. The van der Waals surface area contributed by atoms with E-state index in [9.17, 15) is 4.79 Å². The number of carbonyl (C=O) groups is 1. The minimum absolute atomic E-state index is 0.0832. The molecule has 2 rings (SSSR count). The standard InChI is InChI=1S/C23H26O4/c1-5-7-18-15-19(23(26-4)16-22(18)25-3)10-13-21(24)17-8-11-20(12-9-17)27-14-6-2/h6,8-13,15-16H,2,5,7,14H2,1,3-4H3. The maximum Gasteiger partial charge on any atom is 0.185 e. The first-order valence-corrected chi connectivity index (χ1v) is 8.94. The summed E-state index contributed by atoms with van der Waals surface area (Å²) in [6.07, 6.45) is 6.91. The van der Waals surface area contributed by atoms with Gasteiger partial charge in [0.2, 0.25) is 0 Å². The van der Waals surface area contributed by atoms with Gasteiger partial charge in [-0.05, 0) is 54.5 Å². The number of hydrogen-bond donors (Lipinski definition) is 0. The van der Waals surface area contributed by atoms with Crippen LogP contribution in [0, 0.1) is 0 Å². The normalized spacial score (nSPS) is 10.6. The summed E-state index contributed by atoms with van der Waals surface area (Å²) >= 11 is 0. The summed E-state index contributed by atoms with van der Waals surface area (Å²) < 4.78 is 16.3. The van der Waals surface area contributed by atoms with Crippen LogP contribution in [0.2, 0.25) is 0 Å². The third kappa shape index (κ3) is 5.48. The lowest BCUT2D eigenvalue weighted by atomic mass is 10.0. The summed E-state index contributed by atoms with van der Waals surface area (Å²) in [6.45, 7) is 6.16. The minimum Gasteiger partial charge on any atom is -0.496 e. The molecule has 27 heavy (non-hydrogen) atoms. The zero-order chi connectivity index (χ0) is 19.6. The molecule has 2 aromatic rings. The van der Waals surface area contributed by atoms with Crippen molar-refractivity contribution < 1.29 is 19.0 Å². The van der Waals surface area contributed by atoms with Gasteiger partial charge in [-0.15, -0.1) is 0 Å². The van der Waals surface area contributed by atoms with Crippen LogP contribution in [0.4, 0.5) is 0 Å². The largest absolute Gasteiger partial charge is 0.496 e. The van der Waals surface area contributed by atoms with E-state index in [4.69, 9.17) is 14.2 Å². The van der Waals surface area contributed by atoms with Gasteiger partial charge >= 0.3 is 0 Å². The van der Waals surface area contributed by atoms with Gasteiger partial charge in [-0.25, -0.2) is 0 Å². The Balaban J connectivity index is 2.21. The molecule has 2 aromatic carbocycles. The van der Waals surface area contributed by atoms with E-state index in [-0.39, 0.29) is 5.78 Å². The van der Waals surface area contributed by atoms with Crippen molar-refractivity contribution in [1.82, 2.24) is 0 Å². The predicted molar refractivity (Wildman–Crippen MR) is 109 cm³/mol. The summed E-state index contributed by atoms with van der Waals surface area (Å²) in [4.78, 5) is 12.5. The van der Waals surface area contributed by atoms with Gasteiger partial charge in [0.1, 0.15) is 23.9 Å². The fraction of sp³-hybridized carbons (Fsp3) is 0.261. The van der Waals surface area contributed by atoms with Crippen molar-refractivity contribution in [2.75, 3.05) is 20.8 Å². The molecule has 0 heterocycles. The molecule has 0 saturated heterocycles. The highest BCUT2D eigenvalue weighted by atomic mass is 16.5. The Morgan fingerprint density at radius 3 is 2.37 bits per heavy atom. The van der Waals surface area contributed by atoms with Gasteiger partial charge in [0.15, 0.2) is 5.78 Å². The number of ketones is 1. The second-order valence-electron chi connectivity index (χ2n) is 5.98. The third-order valence-corrected chi connectivity index (χ3v) is 4.07. The fourth-order valence-corrected chi connectivity index (χ4v) is 2.72. The first-order valence-electron chi connectivity index (χ1n) is 8.94. The highest BCUT2D eigenvalue weighted by Gasteiger charge is 2.10. The van der Waals surface area contributed by atoms with Gasteiger partial charge in [0.25, 0.3) is 0 Å². The van der Waals surface area contributed by atoms with Gasteiger partial charge in [0.05, 0.1) is 14.2 Å². The first kappa shape index (κ1) is 20.3. The number of ether oxygens (including phenoxy) is 3. The molecule has 0 N–H and O–H groups in total. The molecule has 0 bridgehead atoms. The quantitative estimate of drug-likeness (QED) is 0.333. The lowest BCUT2D eigenvalue weighted by molar-refractivity contribution is 0.104. The topological polar surface area (TPSA) is 44.8 Å². The predicted octanol–water partition coefficient (Wildman–Crippen LogP) is 5.12. The number of rotatable bonds is 10. The highest BCUT2D eigenvalue weighted by Crippen LogP contribution is 2.31. The van der Waals surface area contributed by atoms with E-state index in [1.807, 2.05) is 12.1 Å². The van der Waals surface area contributed by atoms with Crippen LogP contribution in [-0.4, -0.2) is 26.6 Å². The summed E-state index contributed by atoms with van der Waals surface area (Å²) in [5.41, 5.74) is 2.54. The van der Waals surface area contributed by atoms with Crippen molar-refractivity contribution in [2.24, 2.45) is 0 Å². The molecule has 142 valence electrons. The second kappa shape index (κ2) is 10.2. The van der Waals surface area contributed by atoms with Gasteiger partial charge in [-0.1, -0.05) is 26.0 Å². The number of carbonyl (C=O) groups excluding carboxylic acids is 1. The van der Waals surface area contributed by atoms with Crippen molar-refractivity contribution in [3.05, 3.63) is 71.8 Å². The number of hydrogen-bond acceptors (Lipinski definition) is 4. The van der Waals surface area contributed by atoms with E-state index in [1.54, 1.807) is 56.7 Å². The Bertz CT molecular complexity index is 804. The molecule has 0 unspecified atom stereocenters. The summed E-state index contributed by atoms with van der Waals surface area (Å²) in [5.74, 6) is 2.09. The van der Waals surface area contributed by atoms with E-state index in [2.05, 4.69) is 13.5 Å². The first-order chi connectivity index (χ1) is 13.1. The Morgan fingerprint density at radius 2 is 1.78 bits per heavy atom. The zero-order valence-corrected chi connectivity index (χ0v) is 16.2. The molecule has 0 amide bonds. The van der Waals surface area contributed by atoms with Crippen molar-refractivity contribution in [3.63, 3.8) is 0 Å². The van der Waals surface area contributed by atoms with Crippen molar-refractivity contribution in [2.45, 2.75) is 19.8 Å². The van der Waals surface area contributed by atoms with Crippen LogP contribution in [0.15, 0.2) is 55.1 Å². The Morgan fingerprint density at radius 1 is 1.07 bits per heavy atom. The van der Waals surface area contributed by atoms with Gasteiger partial charge < -0.3 is 14.2 Å². The zero-order valence-electron chi connectivity index (χ0n) is 16.2. The SMILES string of the molecule is C=CCOc1ccc(C(=O)C=Cc2cc(CCC)c(OC)cc2OC)cc1. The lowest BCUT2D eigenvalue weighted by Gasteiger charge is -2.12. The molecule has 0 aromatic heterocycles. The molecular weight excluding hydrogens is 340 g/mol. The minimum atomic E-state index is -0.0832. The second-order valence-corrected chi connectivity index (χ2v) is 5.98. The molecule has 0 fully saturated rings. The van der Waals surface area contributed by atoms with Gasteiger partial charge in [-0.2, -0.15) is 0 Å². The lowest BCUT2D eigenvalue weighted by Crippen LogP contribution is -1.98. The maximum atomic E-state index is 12.5. The van der Waals surface area contributed by atoms with E-state index >= 15 is 0 Å². The monoisotopic (exact) mass is 366 g/mol. The smallest absolute Gasteiger partial charge is 0.185 e. The molecule has 4 nitrogen and oxygen atoms in total. The van der Waals surface area contributed by atoms with Crippen LogP contribution < -0.4 is 14.2 Å². The number of allylic oxidation sites excluding steroid dienone is 1. The van der Waals surface area contributed by atoms with Crippen molar-refractivity contribution in [3.8, 4) is 17.2 Å². The number of aryl methyl sites for hydroxylation is 1. The van der Waals surface area contributed by atoms with Crippen LogP contribution in [0.25, 0.3) is 6.08 Å². The van der Waals surface area contributed by atoms with Crippen LogP contribution in [0.3, 0.4) is 0 Å². The van der Waals surface area contributed by atoms with Crippen molar-refractivity contribution in [1.29, 1.82) is 0 Å². The van der Waals surface area contributed by atoms with E-state index in [1.165, 1.54) is 0 Å². The summed E-state index contributed by atoms with van der Waals surface area (Å²) in [7, 11) is 3.25. The van der Waals surface area contributed by atoms with Crippen LogP contribution >= 0.6 is 0 Å². The van der Waals surface area contributed by atoms with Gasteiger partial charge in [0, 0.05) is 17.2 Å². The molecule has 0 spiro atoms. The van der Waals surface area contributed by atoms with Crippen LogP contribution in [-0.2, 0) is 6.42 Å². The van der Waals surface area contributed by atoms with Crippen molar-refractivity contribution >= 4 is 11.9 Å². The molecule has 4 heteroatoms. The van der Waals surface area contributed by atoms with Gasteiger partial charge in [-0.3, -0.25) is 4.79 Å². The average molecular weight is 366 g/mol. The number of benzene rings is 2. The summed E-state index contributed by atoms with van der Waals surface area (Å²) in [6, 6.07) is 10.9. The molecule has 0 aliphatic rings. The number of methoxy groups -OCH3 is 2. The Kier molecular flexibility index (Phi) is 7.68. The van der Waals surface area contributed by atoms with E-state index in [0.29, 0.717) is 23.7 Å². The molecule has 0 saturated carbocycles. The molecule has 0 atom stereocenters. The molecule has 0 aliphatic heterocycles. The van der Waals surface area contributed by atoms with Crippen LogP contribution in [0.5, 0.6) is 17.2 Å². The summed E-state index contributed by atoms with van der Waals surface area (Å²) in [5, 5.41) is 0. The molecular formula is C23H26O4. The van der Waals surface area contributed by atoms with E-state index in [0.717, 1.165) is 29.7 Å². The third-order valence-electron chi connectivity index (χ3n) is 4.07. The average Bonchev–Trinajstić information content (AvgIpc) is 2.71. The highest BCUT2D eigenvalue weighted by molar-refractivity contribution is 6.07. The Hall–Kier alpha value is -3.01. The maximum absolute atomic E-state index is 12.5. The molecule has 0 aliphatic carbocycles. The fourth-order valence-electron chi connectivity index (χ4n) is 2.72. The van der Waals surface area contributed by atoms with Crippen LogP contribution in [0.1, 0.15) is 34.8 Å². The van der Waals surface area contributed by atoms with E-state index < -0.39 is 0 Å². The Labute approximate surface area is 161 Å².